The van der Waals surface area contributed by atoms with Crippen molar-refractivity contribution >= 4 is 26.4 Å². The fraction of sp³-hybridized carbons (Fsp3) is 0.111. The molecule has 0 aliphatic carbocycles. The van der Waals surface area contributed by atoms with E-state index in [1.807, 2.05) is 6.07 Å². The Hall–Kier alpha value is -1.26. The number of phenolic OH excluding ortho intramolecular Hbond substituents is 1. The van der Waals surface area contributed by atoms with Crippen LogP contribution in [-0.4, -0.2) is 10.2 Å². The number of anilines is 1. The molecule has 13 heavy (non-hydrogen) atoms. The number of aromatic hydroxyl groups is 1. The molecule has 0 amide bonds. The molecular weight excluding hydrogens is 186 g/mol. The van der Waals surface area contributed by atoms with E-state index in [9.17, 15) is 5.11 Å². The van der Waals surface area contributed by atoms with Gasteiger partial charge >= 0.3 is 0 Å². The zero-order chi connectivity index (χ0) is 9.42. The molecule has 1 heterocycles. The first-order valence-corrected chi connectivity index (χ1v) is 4.64. The van der Waals surface area contributed by atoms with E-state index >= 15 is 0 Å². The Morgan fingerprint density at radius 1 is 1.31 bits per heavy atom. The van der Waals surface area contributed by atoms with Gasteiger partial charge in [-0.3, -0.25) is 0 Å². The lowest BCUT2D eigenvalue weighted by molar-refractivity contribution is 0.281. The molecule has 2 aromatic rings. The van der Waals surface area contributed by atoms with Crippen molar-refractivity contribution in [2.75, 3.05) is 5.73 Å². The predicted molar refractivity (Wildman–Crippen MR) is 53.8 cm³/mol. The zero-order valence-corrected chi connectivity index (χ0v) is 7.64. The number of aliphatic hydroxyl groups is 1. The minimum atomic E-state index is -0.0682. The highest BCUT2D eigenvalue weighted by Gasteiger charge is 2.05. The van der Waals surface area contributed by atoms with Crippen LogP contribution in [0.3, 0.4) is 0 Å². The van der Waals surface area contributed by atoms with E-state index in [1.54, 1.807) is 12.1 Å². The molecule has 0 saturated carbocycles. The van der Waals surface area contributed by atoms with Gasteiger partial charge in [-0.25, -0.2) is 0 Å². The van der Waals surface area contributed by atoms with Gasteiger partial charge < -0.3 is 15.9 Å². The van der Waals surface area contributed by atoms with Crippen molar-refractivity contribution in [3.63, 3.8) is 0 Å². The number of fused-ring (bicyclic) bond motifs is 1. The van der Waals surface area contributed by atoms with Crippen molar-refractivity contribution in [1.82, 2.24) is 0 Å². The van der Waals surface area contributed by atoms with Crippen molar-refractivity contribution in [3.8, 4) is 5.75 Å². The second-order valence-corrected chi connectivity index (χ2v) is 3.95. The van der Waals surface area contributed by atoms with Crippen LogP contribution in [0.4, 0.5) is 5.00 Å². The maximum Gasteiger partial charge on any atom is 0.124 e. The van der Waals surface area contributed by atoms with Crippen LogP contribution in [0.2, 0.25) is 0 Å². The van der Waals surface area contributed by atoms with Gasteiger partial charge in [0.1, 0.15) is 5.75 Å². The molecule has 1 aromatic heterocycles. The lowest BCUT2D eigenvalue weighted by atomic mass is 10.1. The number of thiophene rings is 1. The summed E-state index contributed by atoms with van der Waals surface area (Å²) in [4.78, 5) is 0. The van der Waals surface area contributed by atoms with Crippen LogP contribution in [0.15, 0.2) is 18.2 Å². The van der Waals surface area contributed by atoms with Crippen molar-refractivity contribution in [3.05, 3.63) is 23.8 Å². The third-order valence-corrected chi connectivity index (χ3v) is 2.79. The van der Waals surface area contributed by atoms with E-state index < -0.39 is 0 Å². The van der Waals surface area contributed by atoms with Gasteiger partial charge in [-0.05, 0) is 23.8 Å². The summed E-state index contributed by atoms with van der Waals surface area (Å²) in [5.74, 6) is 0.175. The van der Waals surface area contributed by atoms with Crippen LogP contribution >= 0.6 is 11.3 Å². The minimum Gasteiger partial charge on any atom is -0.507 e. The average Bonchev–Trinajstić information content (AvgIpc) is 2.46. The number of nitrogens with two attached hydrogens (primary N) is 1. The first kappa shape index (κ1) is 8.34. The third kappa shape index (κ3) is 1.34. The van der Waals surface area contributed by atoms with Gasteiger partial charge in [0.15, 0.2) is 0 Å². The molecule has 0 atom stereocenters. The Bertz CT molecular complexity index is 450. The largest absolute Gasteiger partial charge is 0.507 e. The summed E-state index contributed by atoms with van der Waals surface area (Å²) in [5.41, 5.74) is 6.30. The maximum absolute atomic E-state index is 9.54. The van der Waals surface area contributed by atoms with E-state index in [1.165, 1.54) is 11.3 Å². The zero-order valence-electron chi connectivity index (χ0n) is 6.82. The van der Waals surface area contributed by atoms with Gasteiger partial charge in [0.2, 0.25) is 0 Å². The van der Waals surface area contributed by atoms with E-state index in [0.29, 0.717) is 10.6 Å². The highest BCUT2D eigenvalue weighted by Crippen LogP contribution is 2.34. The molecule has 2 rings (SSSR count). The van der Waals surface area contributed by atoms with E-state index in [4.69, 9.17) is 10.8 Å². The molecule has 68 valence electrons. The Labute approximate surface area is 79.0 Å². The van der Waals surface area contributed by atoms with Gasteiger partial charge in [0.05, 0.1) is 11.6 Å². The van der Waals surface area contributed by atoms with Crippen LogP contribution < -0.4 is 5.73 Å². The topological polar surface area (TPSA) is 66.5 Å². The molecule has 4 N–H and O–H groups in total. The van der Waals surface area contributed by atoms with Crippen molar-refractivity contribution in [1.29, 1.82) is 0 Å². The molecule has 0 aliphatic heterocycles. The Balaban J connectivity index is 2.75. The quantitative estimate of drug-likeness (QED) is 0.648. The normalized spacial score (nSPS) is 10.8. The summed E-state index contributed by atoms with van der Waals surface area (Å²) < 4.78 is 0.904. The third-order valence-electron chi connectivity index (χ3n) is 1.88. The molecule has 0 spiro atoms. The lowest BCUT2D eigenvalue weighted by Crippen LogP contribution is -1.81. The lowest BCUT2D eigenvalue weighted by Gasteiger charge is -1.98. The van der Waals surface area contributed by atoms with Crippen LogP contribution in [0.25, 0.3) is 10.1 Å². The SMILES string of the molecule is Nc1cc2c(O)cc(CO)cc2s1. The van der Waals surface area contributed by atoms with Crippen molar-refractivity contribution < 1.29 is 10.2 Å². The fourth-order valence-electron chi connectivity index (χ4n) is 1.29. The second-order valence-electron chi connectivity index (χ2n) is 2.83. The summed E-state index contributed by atoms with van der Waals surface area (Å²) >= 11 is 1.40. The number of nitrogen functional groups attached to an aromatic ring is 1. The van der Waals surface area contributed by atoms with Gasteiger partial charge in [-0.2, -0.15) is 0 Å². The fourth-order valence-corrected chi connectivity index (χ4v) is 2.20. The van der Waals surface area contributed by atoms with Crippen LogP contribution in [0.5, 0.6) is 5.75 Å². The molecule has 0 unspecified atom stereocenters. The van der Waals surface area contributed by atoms with Crippen LogP contribution in [0, 0.1) is 0 Å². The number of aliphatic hydroxyl groups excluding tert-OH is 1. The number of hydrogen-bond acceptors (Lipinski definition) is 4. The highest BCUT2D eigenvalue weighted by molar-refractivity contribution is 7.22. The number of rotatable bonds is 1. The number of phenols is 1. The van der Waals surface area contributed by atoms with Crippen LogP contribution in [-0.2, 0) is 6.61 Å². The Morgan fingerprint density at radius 2 is 2.08 bits per heavy atom. The summed E-state index contributed by atoms with van der Waals surface area (Å²) in [6.45, 7) is -0.0682. The summed E-state index contributed by atoms with van der Waals surface area (Å²) in [6.07, 6.45) is 0. The molecule has 4 heteroatoms. The first-order chi connectivity index (χ1) is 6.20. The molecule has 1 aromatic carbocycles. The number of benzene rings is 1. The summed E-state index contributed by atoms with van der Waals surface area (Å²) in [6, 6.07) is 5.11. The molecule has 3 nitrogen and oxygen atoms in total. The summed E-state index contributed by atoms with van der Waals surface area (Å²) in [5, 5.41) is 19.8. The molecule has 0 saturated heterocycles. The van der Waals surface area contributed by atoms with Crippen molar-refractivity contribution in [2.24, 2.45) is 0 Å². The second kappa shape index (κ2) is 2.90. The maximum atomic E-state index is 9.54. The first-order valence-electron chi connectivity index (χ1n) is 3.82. The standard InChI is InChI=1S/C9H9NO2S/c10-9-3-6-7(12)1-5(4-11)2-8(6)13-9/h1-3,11-12H,4,10H2. The minimum absolute atomic E-state index is 0.0682. The highest BCUT2D eigenvalue weighted by atomic mass is 32.1. The van der Waals surface area contributed by atoms with Gasteiger partial charge in [-0.15, -0.1) is 11.3 Å². The van der Waals surface area contributed by atoms with E-state index in [-0.39, 0.29) is 12.4 Å². The van der Waals surface area contributed by atoms with E-state index in [0.717, 1.165) is 10.1 Å². The smallest absolute Gasteiger partial charge is 0.124 e. The van der Waals surface area contributed by atoms with Crippen molar-refractivity contribution in [2.45, 2.75) is 6.61 Å². The number of hydrogen-bond donors (Lipinski definition) is 3. The molecule has 0 bridgehead atoms. The Morgan fingerprint density at radius 3 is 2.77 bits per heavy atom. The molecule has 0 fully saturated rings. The predicted octanol–water partition coefficient (Wildman–Crippen LogP) is 1.68. The van der Waals surface area contributed by atoms with E-state index in [2.05, 4.69) is 0 Å². The van der Waals surface area contributed by atoms with Crippen LogP contribution in [0.1, 0.15) is 5.56 Å². The van der Waals surface area contributed by atoms with Gasteiger partial charge in [0, 0.05) is 10.1 Å². The molecular formula is C9H9NO2S. The van der Waals surface area contributed by atoms with Gasteiger partial charge in [-0.1, -0.05) is 0 Å². The Kier molecular flexibility index (Phi) is 1.86. The summed E-state index contributed by atoms with van der Waals surface area (Å²) in [7, 11) is 0. The average molecular weight is 195 g/mol. The molecule has 0 aliphatic rings. The van der Waals surface area contributed by atoms with Gasteiger partial charge in [0.25, 0.3) is 0 Å². The molecule has 0 radical (unpaired) electrons. The monoisotopic (exact) mass is 195 g/mol.